The number of para-hydroxylation sites is 2. The van der Waals surface area contributed by atoms with E-state index in [-0.39, 0.29) is 0 Å². The molecular weight excluding hydrogens is 477 g/mol. The Bertz CT molecular complexity index is 1190. The van der Waals surface area contributed by atoms with Gasteiger partial charge < -0.3 is 15.0 Å². The number of halogens is 2. The van der Waals surface area contributed by atoms with Crippen LogP contribution >= 0.6 is 23.2 Å². The first-order chi connectivity index (χ1) is 17.2. The summed E-state index contributed by atoms with van der Waals surface area (Å²) in [6, 6.07) is 23.0. The first-order valence-corrected chi connectivity index (χ1v) is 13.5. The second-order valence-corrected chi connectivity index (χ2v) is 9.34. The Kier molecular flexibility index (Phi) is 9.33. The number of anilines is 3. The molecule has 0 aliphatic heterocycles. The number of alkyl halides is 2. The summed E-state index contributed by atoms with van der Waals surface area (Å²) in [7, 11) is 0. The van der Waals surface area contributed by atoms with Gasteiger partial charge in [-0.05, 0) is 50.8 Å². The molecule has 0 amide bonds. The van der Waals surface area contributed by atoms with E-state index in [9.17, 15) is 0 Å². The minimum Gasteiger partial charge on any atom is -0.493 e. The van der Waals surface area contributed by atoms with Crippen molar-refractivity contribution >= 4 is 62.1 Å². The normalized spacial score (nSPS) is 11.2. The lowest BCUT2D eigenvalue weighted by Crippen LogP contribution is -2.24. The zero-order chi connectivity index (χ0) is 24.5. The molecule has 0 aliphatic rings. The predicted molar refractivity (Wildman–Crippen MR) is 152 cm³/mol. The Balaban J connectivity index is 1.73. The SMILES string of the molecule is CCN(CCCCCl)c1cc(Nc2c3ccccc3nc3ccccc23)cc(OCCCCCl)c1. The molecule has 1 N–H and O–H groups in total. The molecule has 0 saturated heterocycles. The van der Waals surface area contributed by atoms with E-state index in [2.05, 4.69) is 71.7 Å². The molecule has 35 heavy (non-hydrogen) atoms. The molecule has 4 rings (SSSR count). The van der Waals surface area contributed by atoms with Crippen LogP contribution in [0.4, 0.5) is 17.1 Å². The number of unbranched alkanes of at least 4 members (excludes halogenated alkanes) is 2. The van der Waals surface area contributed by atoms with Gasteiger partial charge in [-0.2, -0.15) is 0 Å². The van der Waals surface area contributed by atoms with Crippen molar-refractivity contribution in [3.63, 3.8) is 0 Å². The van der Waals surface area contributed by atoms with Gasteiger partial charge in [0.05, 0.1) is 23.3 Å². The van der Waals surface area contributed by atoms with Gasteiger partial charge >= 0.3 is 0 Å². The van der Waals surface area contributed by atoms with Crippen molar-refractivity contribution in [1.82, 2.24) is 4.98 Å². The van der Waals surface area contributed by atoms with Gasteiger partial charge in [-0.3, -0.25) is 0 Å². The van der Waals surface area contributed by atoms with Crippen LogP contribution < -0.4 is 15.0 Å². The number of benzene rings is 3. The number of hydrogen-bond donors (Lipinski definition) is 1. The Labute approximate surface area is 218 Å². The van der Waals surface area contributed by atoms with Crippen molar-refractivity contribution in [1.29, 1.82) is 0 Å². The average Bonchev–Trinajstić information content (AvgIpc) is 2.89. The summed E-state index contributed by atoms with van der Waals surface area (Å²) in [5.41, 5.74) is 5.13. The number of pyridine rings is 1. The molecule has 0 spiro atoms. The lowest BCUT2D eigenvalue weighted by atomic mass is 10.1. The van der Waals surface area contributed by atoms with E-state index in [0.29, 0.717) is 18.4 Å². The topological polar surface area (TPSA) is 37.4 Å². The van der Waals surface area contributed by atoms with Gasteiger partial charge in [0, 0.05) is 59.1 Å². The average molecular weight is 511 g/mol. The summed E-state index contributed by atoms with van der Waals surface area (Å²) in [6.07, 6.45) is 3.94. The van der Waals surface area contributed by atoms with Gasteiger partial charge in [0.25, 0.3) is 0 Å². The van der Waals surface area contributed by atoms with Crippen molar-refractivity contribution in [2.24, 2.45) is 0 Å². The van der Waals surface area contributed by atoms with Crippen molar-refractivity contribution in [2.45, 2.75) is 32.6 Å². The summed E-state index contributed by atoms with van der Waals surface area (Å²) in [5.74, 6) is 2.21. The highest BCUT2D eigenvalue weighted by atomic mass is 35.5. The maximum absolute atomic E-state index is 6.16. The van der Waals surface area contributed by atoms with Gasteiger partial charge in [-0.25, -0.2) is 4.98 Å². The Hall–Kier alpha value is -2.69. The fourth-order valence-corrected chi connectivity index (χ4v) is 4.67. The van der Waals surface area contributed by atoms with Crippen LogP contribution in [-0.4, -0.2) is 36.4 Å². The fourth-order valence-electron chi connectivity index (χ4n) is 4.29. The fraction of sp³-hybridized carbons (Fsp3) is 0.345. The predicted octanol–water partition coefficient (Wildman–Crippen LogP) is 8.37. The zero-order valence-corrected chi connectivity index (χ0v) is 21.8. The molecule has 184 valence electrons. The van der Waals surface area contributed by atoms with Crippen molar-refractivity contribution in [3.8, 4) is 5.75 Å². The smallest absolute Gasteiger partial charge is 0.123 e. The third-order valence-corrected chi connectivity index (χ3v) is 6.64. The summed E-state index contributed by atoms with van der Waals surface area (Å²) in [6.45, 7) is 4.71. The van der Waals surface area contributed by atoms with Crippen molar-refractivity contribution < 1.29 is 4.74 Å². The van der Waals surface area contributed by atoms with Crippen molar-refractivity contribution in [3.05, 3.63) is 66.7 Å². The Morgan fingerprint density at radius 2 is 1.49 bits per heavy atom. The third-order valence-electron chi connectivity index (χ3n) is 6.10. The zero-order valence-electron chi connectivity index (χ0n) is 20.3. The molecule has 1 heterocycles. The van der Waals surface area contributed by atoms with Crippen LogP contribution in [0.5, 0.6) is 5.75 Å². The number of hydrogen-bond acceptors (Lipinski definition) is 4. The minimum absolute atomic E-state index is 0.648. The lowest BCUT2D eigenvalue weighted by Gasteiger charge is -2.25. The summed E-state index contributed by atoms with van der Waals surface area (Å²) in [4.78, 5) is 7.24. The lowest BCUT2D eigenvalue weighted by molar-refractivity contribution is 0.310. The standard InChI is InChI=1S/C29H33Cl2N3O/c1-2-34(17-9-7-15-30)23-19-22(20-24(21-23)35-18-10-8-16-31)32-29-25-11-3-5-13-27(25)33-28-14-6-4-12-26(28)29/h3-6,11-14,19-21H,2,7-10,15-18H2,1H3,(H,32,33). The number of fused-ring (bicyclic) bond motifs is 2. The highest BCUT2D eigenvalue weighted by molar-refractivity contribution is 6.18. The molecule has 0 saturated carbocycles. The van der Waals surface area contributed by atoms with Crippen LogP contribution in [0.25, 0.3) is 21.8 Å². The molecule has 0 aliphatic carbocycles. The number of nitrogens with zero attached hydrogens (tertiary/aromatic N) is 2. The second-order valence-electron chi connectivity index (χ2n) is 8.58. The van der Waals surface area contributed by atoms with Crippen LogP contribution in [0.1, 0.15) is 32.6 Å². The quantitative estimate of drug-likeness (QED) is 0.111. The van der Waals surface area contributed by atoms with Crippen LogP contribution in [0.3, 0.4) is 0 Å². The monoisotopic (exact) mass is 509 g/mol. The number of ether oxygens (including phenoxy) is 1. The van der Waals surface area contributed by atoms with E-state index < -0.39 is 0 Å². The molecule has 4 aromatic rings. The van der Waals surface area contributed by atoms with E-state index in [1.165, 1.54) is 0 Å². The summed E-state index contributed by atoms with van der Waals surface area (Å²) >= 11 is 11.8. The van der Waals surface area contributed by atoms with E-state index in [1.54, 1.807) is 0 Å². The highest BCUT2D eigenvalue weighted by Gasteiger charge is 2.13. The third kappa shape index (κ3) is 6.50. The Morgan fingerprint density at radius 1 is 0.829 bits per heavy atom. The van der Waals surface area contributed by atoms with E-state index in [4.69, 9.17) is 32.9 Å². The molecule has 0 radical (unpaired) electrons. The summed E-state index contributed by atoms with van der Waals surface area (Å²) in [5, 5.41) is 5.92. The van der Waals surface area contributed by atoms with Gasteiger partial charge in [-0.1, -0.05) is 36.4 Å². The maximum Gasteiger partial charge on any atom is 0.123 e. The van der Waals surface area contributed by atoms with Gasteiger partial charge in [0.1, 0.15) is 5.75 Å². The van der Waals surface area contributed by atoms with Crippen LogP contribution in [-0.2, 0) is 0 Å². The molecule has 1 aromatic heterocycles. The summed E-state index contributed by atoms with van der Waals surface area (Å²) < 4.78 is 6.16. The number of rotatable bonds is 13. The molecule has 0 atom stereocenters. The molecular formula is C29H33Cl2N3O. The van der Waals surface area contributed by atoms with Gasteiger partial charge in [0.2, 0.25) is 0 Å². The van der Waals surface area contributed by atoms with E-state index in [1.807, 2.05) is 12.1 Å². The van der Waals surface area contributed by atoms with Crippen LogP contribution in [0, 0.1) is 0 Å². The first kappa shape index (κ1) is 25.4. The molecule has 0 fully saturated rings. The minimum atomic E-state index is 0.648. The molecule has 0 unspecified atom stereocenters. The second kappa shape index (κ2) is 12.9. The van der Waals surface area contributed by atoms with E-state index >= 15 is 0 Å². The van der Waals surface area contributed by atoms with Gasteiger partial charge in [-0.15, -0.1) is 23.2 Å². The van der Waals surface area contributed by atoms with Crippen LogP contribution in [0.15, 0.2) is 66.7 Å². The Morgan fingerprint density at radius 3 is 2.14 bits per heavy atom. The number of aromatic nitrogens is 1. The molecule has 4 nitrogen and oxygen atoms in total. The van der Waals surface area contributed by atoms with Crippen LogP contribution in [0.2, 0.25) is 0 Å². The van der Waals surface area contributed by atoms with E-state index in [0.717, 1.165) is 83.4 Å². The molecule has 0 bridgehead atoms. The maximum atomic E-state index is 6.16. The molecule has 3 aromatic carbocycles. The first-order valence-electron chi connectivity index (χ1n) is 12.4. The number of nitrogens with one attached hydrogen (secondary N) is 1. The molecule has 6 heteroatoms. The highest BCUT2D eigenvalue weighted by Crippen LogP contribution is 2.35. The van der Waals surface area contributed by atoms with Gasteiger partial charge in [0.15, 0.2) is 0 Å². The van der Waals surface area contributed by atoms with Crippen molar-refractivity contribution in [2.75, 3.05) is 41.7 Å². The largest absolute Gasteiger partial charge is 0.493 e.